The van der Waals surface area contributed by atoms with Gasteiger partial charge >= 0.3 is 11.9 Å². The summed E-state index contributed by atoms with van der Waals surface area (Å²) < 4.78 is 5.13. The number of hydrogen-bond acceptors (Lipinski definition) is 3. The minimum Gasteiger partial charge on any atom is -0.481 e. The second kappa shape index (κ2) is 6.57. The maximum atomic E-state index is 11.9. The number of esters is 1. The molecule has 1 fully saturated rings. The van der Waals surface area contributed by atoms with Gasteiger partial charge in [0.25, 0.3) is 0 Å². The zero-order valence-electron chi connectivity index (χ0n) is 11.3. The molecule has 0 heterocycles. The summed E-state index contributed by atoms with van der Waals surface area (Å²) >= 11 is 0. The summed E-state index contributed by atoms with van der Waals surface area (Å²) in [4.78, 5) is 23.1. The van der Waals surface area contributed by atoms with Crippen LogP contribution in [0.25, 0.3) is 0 Å². The number of aliphatic carboxylic acids is 1. The normalized spacial score (nSPS) is 27.4. The molecule has 1 rings (SSSR count). The number of hydrogen-bond donors (Lipinski definition) is 1. The summed E-state index contributed by atoms with van der Waals surface area (Å²) in [6.07, 6.45) is 3.90. The lowest BCUT2D eigenvalue weighted by molar-refractivity contribution is -0.159. The topological polar surface area (TPSA) is 63.6 Å². The molecule has 3 unspecified atom stereocenters. The number of carbonyl (C=O) groups excluding carboxylic acids is 1. The average Bonchev–Trinajstić information content (AvgIpc) is 2.28. The largest absolute Gasteiger partial charge is 0.481 e. The summed E-state index contributed by atoms with van der Waals surface area (Å²) in [5, 5.41) is 9.17. The van der Waals surface area contributed by atoms with E-state index in [-0.39, 0.29) is 12.6 Å². The molecule has 102 valence electrons. The first kappa shape index (κ1) is 14.7. The van der Waals surface area contributed by atoms with Gasteiger partial charge < -0.3 is 9.84 Å². The van der Waals surface area contributed by atoms with Crippen LogP contribution < -0.4 is 0 Å². The van der Waals surface area contributed by atoms with E-state index in [1.54, 1.807) is 0 Å². The van der Waals surface area contributed by atoms with Crippen LogP contribution in [0, 0.1) is 17.8 Å². The molecule has 0 saturated heterocycles. The van der Waals surface area contributed by atoms with Gasteiger partial charge in [0.05, 0.1) is 11.8 Å². The molecule has 1 saturated carbocycles. The van der Waals surface area contributed by atoms with Crippen LogP contribution in [-0.2, 0) is 14.3 Å². The Morgan fingerprint density at radius 3 is 2.50 bits per heavy atom. The highest BCUT2D eigenvalue weighted by Gasteiger charge is 2.38. The third-order valence-electron chi connectivity index (χ3n) is 3.45. The molecule has 1 aliphatic carbocycles. The Kier molecular flexibility index (Phi) is 5.38. The molecule has 0 aliphatic heterocycles. The molecule has 1 N–H and O–H groups in total. The van der Waals surface area contributed by atoms with Gasteiger partial charge in [0.2, 0.25) is 0 Å². The number of allylic oxidation sites excluding steroid dienone is 1. The zero-order valence-corrected chi connectivity index (χ0v) is 11.3. The molecule has 4 nitrogen and oxygen atoms in total. The molecule has 0 aromatic carbocycles. The molecule has 0 bridgehead atoms. The van der Waals surface area contributed by atoms with Crippen molar-refractivity contribution >= 4 is 11.9 Å². The molecular weight excluding hydrogens is 232 g/mol. The highest BCUT2D eigenvalue weighted by atomic mass is 16.5. The monoisotopic (exact) mass is 254 g/mol. The maximum absolute atomic E-state index is 11.9. The lowest BCUT2D eigenvalue weighted by Gasteiger charge is -2.30. The van der Waals surface area contributed by atoms with Gasteiger partial charge in [-0.25, -0.2) is 0 Å². The molecule has 0 aromatic heterocycles. The van der Waals surface area contributed by atoms with E-state index in [0.717, 1.165) is 12.0 Å². The van der Waals surface area contributed by atoms with Crippen LogP contribution in [-0.4, -0.2) is 23.7 Å². The van der Waals surface area contributed by atoms with Crippen molar-refractivity contribution in [3.05, 3.63) is 11.6 Å². The van der Waals surface area contributed by atoms with E-state index in [9.17, 15) is 9.59 Å². The Hall–Kier alpha value is -1.32. The zero-order chi connectivity index (χ0) is 13.7. The van der Waals surface area contributed by atoms with Gasteiger partial charge in [0.15, 0.2) is 0 Å². The standard InChI is InChI=1S/C14H22O4/c1-9(2)6-7-18-14(17)11-5-4-10(3)8-12(11)13(15)16/h6,10-12H,4-5,7-8H2,1-3H3,(H,15,16). The van der Waals surface area contributed by atoms with Gasteiger partial charge in [0, 0.05) is 0 Å². The van der Waals surface area contributed by atoms with E-state index in [1.165, 1.54) is 0 Å². The van der Waals surface area contributed by atoms with Crippen LogP contribution in [0.2, 0.25) is 0 Å². The van der Waals surface area contributed by atoms with E-state index >= 15 is 0 Å². The average molecular weight is 254 g/mol. The van der Waals surface area contributed by atoms with Gasteiger partial charge in [-0.15, -0.1) is 0 Å². The molecule has 18 heavy (non-hydrogen) atoms. The Morgan fingerprint density at radius 2 is 1.94 bits per heavy atom. The first-order valence-electron chi connectivity index (χ1n) is 6.44. The van der Waals surface area contributed by atoms with Crippen molar-refractivity contribution in [3.8, 4) is 0 Å². The van der Waals surface area contributed by atoms with E-state index in [0.29, 0.717) is 18.8 Å². The Labute approximate surface area is 108 Å². The van der Waals surface area contributed by atoms with Gasteiger partial charge in [-0.3, -0.25) is 9.59 Å². The van der Waals surface area contributed by atoms with E-state index in [1.807, 2.05) is 26.8 Å². The lowest BCUT2D eigenvalue weighted by atomic mass is 9.74. The van der Waals surface area contributed by atoms with Crippen molar-refractivity contribution in [2.75, 3.05) is 6.61 Å². The Morgan fingerprint density at radius 1 is 1.28 bits per heavy atom. The first-order chi connectivity index (χ1) is 8.41. The molecule has 0 spiro atoms. The predicted octanol–water partition coefficient (Wildman–Crippen LogP) is 2.63. The number of carboxylic acids is 1. The Bertz CT molecular complexity index is 342. The summed E-state index contributed by atoms with van der Waals surface area (Å²) in [6.45, 7) is 6.12. The SMILES string of the molecule is CC(C)=CCOC(=O)C1CCC(C)CC1C(=O)O. The van der Waals surface area contributed by atoms with Crippen molar-refractivity contribution in [1.29, 1.82) is 0 Å². The van der Waals surface area contributed by atoms with Crippen LogP contribution in [0.5, 0.6) is 0 Å². The summed E-state index contributed by atoms with van der Waals surface area (Å²) in [5.74, 6) is -1.96. The van der Waals surface area contributed by atoms with Crippen LogP contribution in [0.1, 0.15) is 40.0 Å². The number of rotatable bonds is 4. The molecule has 1 aliphatic rings. The number of carboxylic acid groups (broad SMARTS) is 1. The fourth-order valence-corrected chi connectivity index (χ4v) is 2.33. The Balaban J connectivity index is 2.59. The molecule has 4 heteroatoms. The molecular formula is C14H22O4. The van der Waals surface area contributed by atoms with Crippen LogP contribution in [0.4, 0.5) is 0 Å². The predicted molar refractivity (Wildman–Crippen MR) is 68.0 cm³/mol. The first-order valence-corrected chi connectivity index (χ1v) is 6.44. The fourth-order valence-electron chi connectivity index (χ4n) is 2.33. The molecule has 3 atom stereocenters. The third-order valence-corrected chi connectivity index (χ3v) is 3.45. The fraction of sp³-hybridized carbons (Fsp3) is 0.714. The van der Waals surface area contributed by atoms with Crippen molar-refractivity contribution in [3.63, 3.8) is 0 Å². The molecule has 0 aromatic rings. The highest BCUT2D eigenvalue weighted by Crippen LogP contribution is 2.34. The quantitative estimate of drug-likeness (QED) is 0.618. The van der Waals surface area contributed by atoms with E-state index in [4.69, 9.17) is 9.84 Å². The molecule has 0 radical (unpaired) electrons. The maximum Gasteiger partial charge on any atom is 0.310 e. The van der Waals surface area contributed by atoms with Crippen molar-refractivity contribution < 1.29 is 19.4 Å². The summed E-state index contributed by atoms with van der Waals surface area (Å²) in [5.41, 5.74) is 1.08. The van der Waals surface area contributed by atoms with Crippen LogP contribution in [0.15, 0.2) is 11.6 Å². The van der Waals surface area contributed by atoms with Crippen LogP contribution in [0.3, 0.4) is 0 Å². The van der Waals surface area contributed by atoms with Crippen molar-refractivity contribution in [2.45, 2.75) is 40.0 Å². The molecule has 0 amide bonds. The third kappa shape index (κ3) is 4.17. The van der Waals surface area contributed by atoms with E-state index < -0.39 is 17.8 Å². The number of carbonyl (C=O) groups is 2. The van der Waals surface area contributed by atoms with Crippen molar-refractivity contribution in [2.24, 2.45) is 17.8 Å². The van der Waals surface area contributed by atoms with Gasteiger partial charge in [0.1, 0.15) is 6.61 Å². The summed E-state index contributed by atoms with van der Waals surface area (Å²) in [6, 6.07) is 0. The smallest absolute Gasteiger partial charge is 0.310 e. The minimum atomic E-state index is -0.884. The minimum absolute atomic E-state index is 0.236. The van der Waals surface area contributed by atoms with Gasteiger partial charge in [-0.1, -0.05) is 12.5 Å². The summed E-state index contributed by atoms with van der Waals surface area (Å²) in [7, 11) is 0. The second-order valence-electron chi connectivity index (χ2n) is 5.38. The van der Waals surface area contributed by atoms with Crippen molar-refractivity contribution in [1.82, 2.24) is 0 Å². The van der Waals surface area contributed by atoms with Gasteiger partial charge in [-0.2, -0.15) is 0 Å². The van der Waals surface area contributed by atoms with E-state index in [2.05, 4.69) is 0 Å². The number of ether oxygens (including phenoxy) is 1. The van der Waals surface area contributed by atoms with Gasteiger partial charge in [-0.05, 0) is 45.1 Å². The second-order valence-corrected chi connectivity index (χ2v) is 5.38. The highest BCUT2D eigenvalue weighted by molar-refractivity contribution is 5.81. The lowest BCUT2D eigenvalue weighted by Crippen LogP contribution is -2.36. The van der Waals surface area contributed by atoms with Crippen LogP contribution >= 0.6 is 0 Å².